The Morgan fingerprint density at radius 3 is 2.65 bits per heavy atom. The number of rotatable bonds is 4. The summed E-state index contributed by atoms with van der Waals surface area (Å²) >= 11 is 0. The maximum atomic E-state index is 14.2. The number of carbonyl (C=O) groups is 1. The van der Waals surface area contributed by atoms with Crippen LogP contribution in [0, 0.1) is 0 Å². The van der Waals surface area contributed by atoms with Gasteiger partial charge in [0, 0.05) is 19.1 Å². The number of allylic oxidation sites excluding steroid dienone is 3. The van der Waals surface area contributed by atoms with E-state index in [1.54, 1.807) is 13.0 Å². The van der Waals surface area contributed by atoms with Crippen LogP contribution in [-0.4, -0.2) is 35.7 Å². The molecule has 0 aromatic carbocycles. The molecule has 23 heavy (non-hydrogen) atoms. The Morgan fingerprint density at radius 1 is 1.48 bits per heavy atom. The van der Waals surface area contributed by atoms with Gasteiger partial charge >= 0.3 is 6.09 Å². The van der Waals surface area contributed by atoms with Gasteiger partial charge < -0.3 is 20.7 Å². The van der Waals surface area contributed by atoms with Gasteiger partial charge in [0.25, 0.3) is 0 Å². The molecule has 0 aromatic heterocycles. The van der Waals surface area contributed by atoms with E-state index in [0.29, 0.717) is 18.8 Å². The second-order valence-corrected chi connectivity index (χ2v) is 6.65. The molecule has 0 aliphatic carbocycles. The van der Waals surface area contributed by atoms with Gasteiger partial charge in [0.15, 0.2) is 0 Å². The van der Waals surface area contributed by atoms with Crippen molar-refractivity contribution in [2.75, 3.05) is 13.1 Å². The molecule has 0 aromatic rings. The molecule has 0 spiro atoms. The van der Waals surface area contributed by atoms with E-state index in [1.807, 2.05) is 25.7 Å². The van der Waals surface area contributed by atoms with Gasteiger partial charge in [-0.15, -0.1) is 0 Å². The third kappa shape index (κ3) is 6.34. The van der Waals surface area contributed by atoms with Gasteiger partial charge in [-0.1, -0.05) is 12.7 Å². The molecule has 1 aliphatic rings. The minimum atomic E-state index is -0.549. The Kier molecular flexibility index (Phi) is 6.66. The van der Waals surface area contributed by atoms with Gasteiger partial charge in [-0.2, -0.15) is 0 Å². The first kappa shape index (κ1) is 19.1. The van der Waals surface area contributed by atoms with Crippen molar-refractivity contribution < 1.29 is 13.9 Å². The zero-order valence-corrected chi connectivity index (χ0v) is 14.5. The normalized spacial score (nSPS) is 20.2. The summed E-state index contributed by atoms with van der Waals surface area (Å²) < 4.78 is 19.5. The lowest BCUT2D eigenvalue weighted by Crippen LogP contribution is -2.49. The molecule has 1 amide bonds. The highest BCUT2D eigenvalue weighted by molar-refractivity contribution is 5.68. The van der Waals surface area contributed by atoms with Gasteiger partial charge in [0.05, 0.1) is 11.4 Å². The summed E-state index contributed by atoms with van der Waals surface area (Å²) in [7, 11) is 0. The molecule has 0 unspecified atom stereocenters. The molecule has 3 N–H and O–H groups in total. The molecule has 1 fully saturated rings. The van der Waals surface area contributed by atoms with Gasteiger partial charge in [0.2, 0.25) is 0 Å². The van der Waals surface area contributed by atoms with E-state index >= 15 is 0 Å². The van der Waals surface area contributed by atoms with Crippen molar-refractivity contribution in [2.24, 2.45) is 5.73 Å². The van der Waals surface area contributed by atoms with Crippen LogP contribution in [0.3, 0.4) is 0 Å². The highest BCUT2D eigenvalue weighted by Gasteiger charge is 2.26. The predicted molar refractivity (Wildman–Crippen MR) is 90.2 cm³/mol. The average molecular weight is 325 g/mol. The van der Waals surface area contributed by atoms with Gasteiger partial charge in [-0.05, 0) is 46.6 Å². The van der Waals surface area contributed by atoms with Crippen LogP contribution < -0.4 is 11.1 Å². The summed E-state index contributed by atoms with van der Waals surface area (Å²) in [6.45, 7) is 12.0. The molecular formula is C17H28FN3O2. The fourth-order valence-electron chi connectivity index (χ4n) is 2.51. The van der Waals surface area contributed by atoms with Crippen molar-refractivity contribution in [1.82, 2.24) is 10.2 Å². The first-order valence-electron chi connectivity index (χ1n) is 7.85. The molecule has 6 heteroatoms. The second-order valence-electron chi connectivity index (χ2n) is 6.65. The Morgan fingerprint density at radius 2 is 2.13 bits per heavy atom. The number of nitrogens with zero attached hydrogens (tertiary/aromatic N) is 1. The van der Waals surface area contributed by atoms with E-state index < -0.39 is 17.5 Å². The zero-order chi connectivity index (χ0) is 17.6. The Hall–Kier alpha value is -1.98. The Balaban J connectivity index is 2.79. The number of alkyl carbamates (subject to hydrolysis) is 1. The lowest BCUT2D eigenvalue weighted by atomic mass is 10.0. The standard InChI is InChI=1S/C17H28FN3O2/c1-6-8-14(18)15(12(2)19)21-10-7-9-13(11-21)20-16(22)23-17(3,4)5/h6,8,13H,2,7,9-11,19H2,1,3-5H3,(H,20,22)/b8-6-,15-14-/t13-/m1/s1. The molecule has 1 aliphatic heterocycles. The Labute approximate surface area is 138 Å². The fourth-order valence-corrected chi connectivity index (χ4v) is 2.51. The third-order valence-electron chi connectivity index (χ3n) is 3.30. The van der Waals surface area contributed by atoms with E-state index in [1.165, 1.54) is 6.08 Å². The van der Waals surface area contributed by atoms with Crippen molar-refractivity contribution in [3.63, 3.8) is 0 Å². The van der Waals surface area contributed by atoms with Crippen LogP contribution in [-0.2, 0) is 4.74 Å². The summed E-state index contributed by atoms with van der Waals surface area (Å²) in [5.41, 5.74) is 5.67. The Bertz CT molecular complexity index is 506. The fraction of sp³-hybridized carbons (Fsp3) is 0.588. The van der Waals surface area contributed by atoms with Gasteiger partial charge in [0.1, 0.15) is 11.4 Å². The SMILES string of the molecule is C=C(N)/C(=C(F)\C=C/C)N1CCC[C@@H](NC(=O)OC(C)(C)C)C1. The first-order chi connectivity index (χ1) is 10.6. The second kappa shape index (κ2) is 8.04. The minimum absolute atomic E-state index is 0.119. The van der Waals surface area contributed by atoms with Gasteiger partial charge in [-0.3, -0.25) is 0 Å². The zero-order valence-electron chi connectivity index (χ0n) is 14.5. The minimum Gasteiger partial charge on any atom is -0.444 e. The highest BCUT2D eigenvalue weighted by atomic mass is 19.1. The maximum absolute atomic E-state index is 14.2. The summed E-state index contributed by atoms with van der Waals surface area (Å²) in [4.78, 5) is 13.7. The van der Waals surface area contributed by atoms with E-state index in [4.69, 9.17) is 10.5 Å². The van der Waals surface area contributed by atoms with Crippen molar-refractivity contribution in [3.8, 4) is 0 Å². The lowest BCUT2D eigenvalue weighted by molar-refractivity contribution is 0.0480. The van der Waals surface area contributed by atoms with Crippen LogP contribution in [0.1, 0.15) is 40.5 Å². The smallest absolute Gasteiger partial charge is 0.407 e. The number of piperidine rings is 1. The van der Waals surface area contributed by atoms with E-state index in [9.17, 15) is 9.18 Å². The average Bonchev–Trinajstić information content (AvgIpc) is 2.36. The molecule has 1 heterocycles. The topological polar surface area (TPSA) is 67.6 Å². The molecular weight excluding hydrogens is 297 g/mol. The molecule has 5 nitrogen and oxygen atoms in total. The molecule has 1 saturated heterocycles. The lowest BCUT2D eigenvalue weighted by Gasteiger charge is -2.36. The summed E-state index contributed by atoms with van der Waals surface area (Å²) in [5, 5.41) is 2.83. The van der Waals surface area contributed by atoms with E-state index in [0.717, 1.165) is 12.8 Å². The number of ether oxygens (including phenoxy) is 1. The summed E-state index contributed by atoms with van der Waals surface area (Å²) in [6, 6.07) is -0.119. The number of halogens is 1. The van der Waals surface area contributed by atoms with Crippen LogP contribution in [0.25, 0.3) is 0 Å². The van der Waals surface area contributed by atoms with Crippen LogP contribution in [0.4, 0.5) is 9.18 Å². The van der Waals surface area contributed by atoms with E-state index in [-0.39, 0.29) is 11.7 Å². The van der Waals surface area contributed by atoms with Crippen LogP contribution >= 0.6 is 0 Å². The van der Waals surface area contributed by atoms with Crippen molar-refractivity contribution in [1.29, 1.82) is 0 Å². The molecule has 0 bridgehead atoms. The number of amides is 1. The maximum Gasteiger partial charge on any atom is 0.407 e. The van der Waals surface area contributed by atoms with E-state index in [2.05, 4.69) is 11.9 Å². The van der Waals surface area contributed by atoms with Gasteiger partial charge in [-0.25, -0.2) is 9.18 Å². The number of carbonyl (C=O) groups excluding carboxylic acids is 1. The monoisotopic (exact) mass is 325 g/mol. The number of hydrogen-bond acceptors (Lipinski definition) is 4. The number of hydrogen-bond donors (Lipinski definition) is 2. The largest absolute Gasteiger partial charge is 0.444 e. The third-order valence-corrected chi connectivity index (χ3v) is 3.30. The number of likely N-dealkylation sites (tertiary alicyclic amines) is 1. The first-order valence-corrected chi connectivity index (χ1v) is 7.85. The molecule has 1 rings (SSSR count). The molecule has 0 saturated carbocycles. The summed E-state index contributed by atoms with van der Waals surface area (Å²) in [5.74, 6) is -0.419. The number of nitrogens with two attached hydrogens (primary N) is 1. The van der Waals surface area contributed by atoms with Crippen LogP contribution in [0.5, 0.6) is 0 Å². The molecule has 0 radical (unpaired) electrons. The molecule has 130 valence electrons. The van der Waals surface area contributed by atoms with Crippen LogP contribution in [0.15, 0.2) is 36.0 Å². The van der Waals surface area contributed by atoms with Crippen molar-refractivity contribution >= 4 is 6.09 Å². The highest BCUT2D eigenvalue weighted by Crippen LogP contribution is 2.23. The predicted octanol–water partition coefficient (Wildman–Crippen LogP) is 3.21. The number of nitrogens with one attached hydrogen (secondary N) is 1. The van der Waals surface area contributed by atoms with Crippen molar-refractivity contribution in [2.45, 2.75) is 52.2 Å². The summed E-state index contributed by atoms with van der Waals surface area (Å²) in [6.07, 6.45) is 4.14. The quantitative estimate of drug-likeness (QED) is 0.779. The molecule has 1 atom stereocenters. The van der Waals surface area contributed by atoms with Crippen molar-refractivity contribution in [3.05, 3.63) is 36.0 Å². The van der Waals surface area contributed by atoms with Crippen LogP contribution in [0.2, 0.25) is 0 Å².